The summed E-state index contributed by atoms with van der Waals surface area (Å²) in [6.45, 7) is -0.109. The van der Waals surface area contributed by atoms with E-state index in [1.807, 2.05) is 42.5 Å². The van der Waals surface area contributed by atoms with E-state index in [0.29, 0.717) is 6.42 Å². The number of fused-ring (bicyclic) bond motifs is 1. The summed E-state index contributed by atoms with van der Waals surface area (Å²) in [4.78, 5) is 8.33. The molecule has 0 aromatic heterocycles. The van der Waals surface area contributed by atoms with Crippen LogP contribution in [0.3, 0.4) is 0 Å². The molecule has 0 saturated heterocycles. The van der Waals surface area contributed by atoms with E-state index in [2.05, 4.69) is 4.52 Å². The van der Waals surface area contributed by atoms with Gasteiger partial charge in [-0.25, -0.2) is 4.57 Å². The van der Waals surface area contributed by atoms with Gasteiger partial charge in [0.1, 0.15) is 0 Å². The van der Waals surface area contributed by atoms with Gasteiger partial charge < -0.3 is 0 Å². The van der Waals surface area contributed by atoms with Gasteiger partial charge >= 0.3 is 7.91 Å². The van der Waals surface area contributed by atoms with Crippen LogP contribution in [0.2, 0.25) is 0 Å². The molecule has 0 amide bonds. The third-order valence-corrected chi connectivity index (χ3v) is 2.96. The molecule has 3 nitrogen and oxygen atoms in total. The third kappa shape index (κ3) is 3.63. The van der Waals surface area contributed by atoms with Crippen molar-refractivity contribution in [1.82, 2.24) is 0 Å². The molecule has 0 bridgehead atoms. The van der Waals surface area contributed by atoms with Gasteiger partial charge in [-0.1, -0.05) is 42.5 Å². The molecular weight excluding hydrogens is 242 g/mol. The molecule has 0 radical (unpaired) electrons. The highest BCUT2D eigenvalue weighted by Gasteiger charge is 2.16. The molecule has 0 aliphatic carbocycles. The topological polar surface area (TPSA) is 46.5 Å². The zero-order valence-corrected chi connectivity index (χ0v) is 9.94. The largest absolute Gasteiger partial charge is 0.510 e. The van der Waals surface area contributed by atoms with Gasteiger partial charge in [-0.15, -0.1) is 4.20 Å². The van der Waals surface area contributed by atoms with Crippen molar-refractivity contribution in [2.24, 2.45) is 0 Å². The van der Waals surface area contributed by atoms with E-state index in [-0.39, 0.29) is 6.61 Å². The average molecular weight is 254 g/mol. The SMILES string of the molecule is O=P(O)(F)OCCc1ccc2ccccc2c1. The summed E-state index contributed by atoms with van der Waals surface area (Å²) in [7, 11) is -4.85. The molecule has 0 fully saturated rings. The first kappa shape index (κ1) is 12.2. The number of rotatable bonds is 4. The van der Waals surface area contributed by atoms with Gasteiger partial charge in [0, 0.05) is 0 Å². The predicted octanol–water partition coefficient (Wildman–Crippen LogP) is 3.47. The van der Waals surface area contributed by atoms with Crippen molar-refractivity contribution in [1.29, 1.82) is 0 Å². The van der Waals surface area contributed by atoms with E-state index < -0.39 is 7.91 Å². The van der Waals surface area contributed by atoms with Crippen molar-refractivity contribution in [3.05, 3.63) is 48.0 Å². The molecular formula is C12H12FO3P. The van der Waals surface area contributed by atoms with Gasteiger partial charge in [-0.3, -0.25) is 9.42 Å². The summed E-state index contributed by atoms with van der Waals surface area (Å²) in [6.07, 6.45) is 0.402. The Morgan fingerprint density at radius 2 is 1.88 bits per heavy atom. The lowest BCUT2D eigenvalue weighted by Crippen LogP contribution is -1.95. The van der Waals surface area contributed by atoms with Crippen LogP contribution in [0.25, 0.3) is 10.8 Å². The quantitative estimate of drug-likeness (QED) is 0.850. The van der Waals surface area contributed by atoms with Crippen LogP contribution >= 0.6 is 7.91 Å². The molecule has 5 heteroatoms. The van der Waals surface area contributed by atoms with Crippen molar-refractivity contribution < 1.29 is 18.2 Å². The van der Waals surface area contributed by atoms with Gasteiger partial charge in [0.2, 0.25) is 0 Å². The maximum Gasteiger partial charge on any atom is 0.510 e. The van der Waals surface area contributed by atoms with Gasteiger partial charge in [0.25, 0.3) is 0 Å². The van der Waals surface area contributed by atoms with Crippen LogP contribution in [0.15, 0.2) is 42.5 Å². The Hall–Kier alpha value is -1.22. The highest BCUT2D eigenvalue weighted by molar-refractivity contribution is 7.46. The molecule has 2 aromatic carbocycles. The Labute approximate surface area is 98.5 Å². The van der Waals surface area contributed by atoms with Crippen LogP contribution in [0.1, 0.15) is 5.56 Å². The minimum atomic E-state index is -4.85. The van der Waals surface area contributed by atoms with E-state index >= 15 is 0 Å². The summed E-state index contributed by atoms with van der Waals surface area (Å²) in [5, 5.41) is 2.20. The number of hydrogen-bond donors (Lipinski definition) is 1. The highest BCUT2D eigenvalue weighted by atomic mass is 31.2. The number of benzene rings is 2. The Bertz CT molecular complexity index is 564. The molecule has 0 saturated carbocycles. The molecule has 1 atom stereocenters. The fourth-order valence-electron chi connectivity index (χ4n) is 1.67. The van der Waals surface area contributed by atoms with Crippen molar-refractivity contribution in [2.45, 2.75) is 6.42 Å². The Morgan fingerprint density at radius 1 is 1.18 bits per heavy atom. The summed E-state index contributed by atoms with van der Waals surface area (Å²) in [5.74, 6) is 0. The summed E-state index contributed by atoms with van der Waals surface area (Å²) < 4.78 is 26.7. The van der Waals surface area contributed by atoms with E-state index in [0.717, 1.165) is 16.3 Å². The fourth-order valence-corrected chi connectivity index (χ4v) is 1.99. The van der Waals surface area contributed by atoms with E-state index in [4.69, 9.17) is 4.89 Å². The molecule has 0 aliphatic heterocycles. The molecule has 17 heavy (non-hydrogen) atoms. The molecule has 2 rings (SSSR count). The normalized spacial score (nSPS) is 14.7. The lowest BCUT2D eigenvalue weighted by atomic mass is 10.1. The zero-order chi connectivity index (χ0) is 12.3. The Balaban J connectivity index is 2.07. The van der Waals surface area contributed by atoms with Gasteiger partial charge in [-0.05, 0) is 22.8 Å². The zero-order valence-electron chi connectivity index (χ0n) is 9.04. The third-order valence-electron chi connectivity index (χ3n) is 2.46. The van der Waals surface area contributed by atoms with Crippen LogP contribution in [0.4, 0.5) is 4.20 Å². The second-order valence-corrected chi connectivity index (χ2v) is 4.88. The van der Waals surface area contributed by atoms with Crippen molar-refractivity contribution in [3.8, 4) is 0 Å². The number of halogens is 1. The molecule has 0 heterocycles. The summed E-state index contributed by atoms with van der Waals surface area (Å²) in [5.41, 5.74) is 0.942. The standard InChI is InChI=1S/C12H12FO3P/c13-17(14,15)16-8-7-10-5-6-11-3-1-2-4-12(11)9-10/h1-6,9H,7-8H2,(H,14,15). The first-order chi connectivity index (χ1) is 8.04. The smallest absolute Gasteiger partial charge is 0.299 e. The minimum Gasteiger partial charge on any atom is -0.299 e. The molecule has 90 valence electrons. The second-order valence-electron chi connectivity index (χ2n) is 3.72. The molecule has 0 spiro atoms. The summed E-state index contributed by atoms with van der Waals surface area (Å²) in [6, 6.07) is 13.7. The lowest BCUT2D eigenvalue weighted by Gasteiger charge is -2.05. The van der Waals surface area contributed by atoms with Crippen molar-refractivity contribution in [2.75, 3.05) is 6.61 Å². The Morgan fingerprint density at radius 3 is 2.59 bits per heavy atom. The van der Waals surface area contributed by atoms with Crippen LogP contribution in [-0.4, -0.2) is 11.5 Å². The monoisotopic (exact) mass is 254 g/mol. The first-order valence-corrected chi connectivity index (χ1v) is 6.66. The van der Waals surface area contributed by atoms with Gasteiger partial charge in [0.15, 0.2) is 0 Å². The molecule has 1 unspecified atom stereocenters. The maximum absolute atomic E-state index is 12.2. The molecule has 2 aromatic rings. The minimum absolute atomic E-state index is 0.109. The summed E-state index contributed by atoms with van der Waals surface area (Å²) >= 11 is 0. The van der Waals surface area contributed by atoms with E-state index in [9.17, 15) is 8.76 Å². The predicted molar refractivity (Wildman–Crippen MR) is 64.5 cm³/mol. The van der Waals surface area contributed by atoms with Gasteiger partial charge in [-0.2, -0.15) is 0 Å². The van der Waals surface area contributed by atoms with Crippen LogP contribution < -0.4 is 0 Å². The maximum atomic E-state index is 12.2. The molecule has 0 aliphatic rings. The van der Waals surface area contributed by atoms with Crippen molar-refractivity contribution in [3.63, 3.8) is 0 Å². The van der Waals surface area contributed by atoms with E-state index in [1.54, 1.807) is 0 Å². The van der Waals surface area contributed by atoms with Crippen molar-refractivity contribution >= 4 is 18.7 Å². The van der Waals surface area contributed by atoms with Gasteiger partial charge in [0.05, 0.1) is 6.61 Å². The van der Waals surface area contributed by atoms with Crippen LogP contribution in [-0.2, 0) is 15.5 Å². The average Bonchev–Trinajstić information content (AvgIpc) is 2.27. The van der Waals surface area contributed by atoms with Crippen LogP contribution in [0, 0.1) is 0 Å². The van der Waals surface area contributed by atoms with E-state index in [1.165, 1.54) is 0 Å². The fraction of sp³-hybridized carbons (Fsp3) is 0.167. The number of hydrogen-bond acceptors (Lipinski definition) is 2. The second kappa shape index (κ2) is 4.96. The first-order valence-electron chi connectivity index (χ1n) is 5.19. The molecule has 1 N–H and O–H groups in total. The highest BCUT2D eigenvalue weighted by Crippen LogP contribution is 2.43. The van der Waals surface area contributed by atoms with Crippen LogP contribution in [0.5, 0.6) is 0 Å². The Kier molecular flexibility index (Phi) is 3.57. The lowest BCUT2D eigenvalue weighted by molar-refractivity contribution is 0.229.